The normalized spacial score (nSPS) is 11.8. The Kier molecular flexibility index (Phi) is 5.32. The van der Waals surface area contributed by atoms with Gasteiger partial charge in [-0.15, -0.1) is 0 Å². The molecule has 1 aromatic carbocycles. The van der Waals surface area contributed by atoms with Gasteiger partial charge in [0.25, 0.3) is 5.91 Å². The maximum absolute atomic E-state index is 13.1. The van der Waals surface area contributed by atoms with Crippen LogP contribution in [0.15, 0.2) is 48.8 Å². The molecule has 0 unspecified atom stereocenters. The number of rotatable bonds is 7. The van der Waals surface area contributed by atoms with E-state index in [1.54, 1.807) is 35.1 Å². The van der Waals surface area contributed by atoms with E-state index in [0.717, 1.165) is 0 Å². The first-order valence-corrected chi connectivity index (χ1v) is 8.30. The molecule has 3 rings (SSSR count). The molecule has 8 nitrogen and oxygen atoms in total. The van der Waals surface area contributed by atoms with Crippen molar-refractivity contribution < 1.29 is 9.18 Å². The fourth-order valence-electron chi connectivity index (χ4n) is 2.40. The third-order valence-corrected chi connectivity index (χ3v) is 3.69. The fourth-order valence-corrected chi connectivity index (χ4v) is 2.40. The largest absolute Gasteiger partial charge is 0.382 e. The van der Waals surface area contributed by atoms with Crippen LogP contribution in [0, 0.1) is 5.82 Å². The highest BCUT2D eigenvalue weighted by molar-refractivity contribution is 5.97. The average Bonchev–Trinajstić information content (AvgIpc) is 3.09. The third kappa shape index (κ3) is 4.59. The molecule has 0 radical (unpaired) electrons. The molecule has 2 aromatic heterocycles. The molecule has 0 fully saturated rings. The number of carbonyl (C=O) groups excluding carboxylic acids is 1. The maximum atomic E-state index is 13.1. The van der Waals surface area contributed by atoms with Gasteiger partial charge in [0.15, 0.2) is 11.5 Å². The van der Waals surface area contributed by atoms with Crippen LogP contribution in [0.1, 0.15) is 17.4 Å². The maximum Gasteiger partial charge on any atom is 0.269 e. The predicted octanol–water partition coefficient (Wildman–Crippen LogP) is 2.01. The number of nitrogens with two attached hydrogens (primary N) is 2. The zero-order valence-electron chi connectivity index (χ0n) is 14.7. The van der Waals surface area contributed by atoms with E-state index in [4.69, 9.17) is 11.5 Å². The molecule has 1 amide bonds. The third-order valence-electron chi connectivity index (χ3n) is 3.69. The number of anilines is 3. The van der Waals surface area contributed by atoms with E-state index in [9.17, 15) is 9.18 Å². The van der Waals surface area contributed by atoms with E-state index in [1.807, 2.05) is 6.92 Å². The van der Waals surface area contributed by atoms with E-state index >= 15 is 0 Å². The molecular weight excluding hydrogens is 349 g/mol. The number of benzene rings is 1. The Labute approximate surface area is 155 Å². The van der Waals surface area contributed by atoms with Crippen LogP contribution in [0.4, 0.5) is 21.6 Å². The molecule has 9 heteroatoms. The van der Waals surface area contributed by atoms with Crippen LogP contribution < -0.4 is 22.1 Å². The lowest BCUT2D eigenvalue weighted by atomic mass is 10.2. The highest BCUT2D eigenvalue weighted by Crippen LogP contribution is 2.22. The molecule has 0 aliphatic carbocycles. The summed E-state index contributed by atoms with van der Waals surface area (Å²) < 4.78 is 14.6. The van der Waals surface area contributed by atoms with Gasteiger partial charge in [0.2, 0.25) is 0 Å². The standard InChI is InChI=1S/C18H20FN7O/c1-11(20)9-22-13-8-15(17(18(21)27)23-10-13)24-16-6-7-26(25-16)14-4-2-12(19)3-5-14/h2-8,10-11,22H,9,20H2,1H3,(H2,21,27)(H,24,25)/t11-/m0/s1. The second-order valence-electron chi connectivity index (χ2n) is 6.09. The van der Waals surface area contributed by atoms with Gasteiger partial charge in [-0.25, -0.2) is 14.1 Å². The Morgan fingerprint density at radius 2 is 2.04 bits per heavy atom. The Morgan fingerprint density at radius 1 is 1.30 bits per heavy atom. The van der Waals surface area contributed by atoms with Crippen LogP contribution in [-0.4, -0.2) is 33.3 Å². The van der Waals surface area contributed by atoms with Gasteiger partial charge in [0.1, 0.15) is 5.82 Å². The first-order chi connectivity index (χ1) is 12.9. The number of aromatic nitrogens is 3. The minimum atomic E-state index is -0.658. The van der Waals surface area contributed by atoms with Crippen LogP contribution in [-0.2, 0) is 0 Å². The molecule has 1 atom stereocenters. The monoisotopic (exact) mass is 369 g/mol. The van der Waals surface area contributed by atoms with Gasteiger partial charge in [-0.2, -0.15) is 5.10 Å². The van der Waals surface area contributed by atoms with Crippen LogP contribution in [0.25, 0.3) is 5.69 Å². The zero-order valence-corrected chi connectivity index (χ0v) is 14.7. The van der Waals surface area contributed by atoms with Crippen LogP contribution in [0.2, 0.25) is 0 Å². The van der Waals surface area contributed by atoms with Crippen LogP contribution in [0.5, 0.6) is 0 Å². The van der Waals surface area contributed by atoms with E-state index in [1.165, 1.54) is 18.3 Å². The van der Waals surface area contributed by atoms with E-state index in [0.29, 0.717) is 29.4 Å². The molecule has 27 heavy (non-hydrogen) atoms. The van der Waals surface area contributed by atoms with Crippen molar-refractivity contribution in [1.29, 1.82) is 0 Å². The van der Waals surface area contributed by atoms with Crippen molar-refractivity contribution in [2.45, 2.75) is 13.0 Å². The van der Waals surface area contributed by atoms with Crippen molar-refractivity contribution in [3.8, 4) is 5.69 Å². The Morgan fingerprint density at radius 3 is 2.70 bits per heavy atom. The van der Waals surface area contributed by atoms with Gasteiger partial charge >= 0.3 is 0 Å². The minimum absolute atomic E-state index is 0.0383. The summed E-state index contributed by atoms with van der Waals surface area (Å²) in [6, 6.07) is 9.33. The summed E-state index contributed by atoms with van der Waals surface area (Å²) in [4.78, 5) is 15.8. The van der Waals surface area contributed by atoms with E-state index in [2.05, 4.69) is 20.7 Å². The SMILES string of the molecule is C[C@H](N)CNc1cnc(C(N)=O)c(Nc2ccn(-c3ccc(F)cc3)n2)c1. The summed E-state index contributed by atoms with van der Waals surface area (Å²) >= 11 is 0. The topological polar surface area (TPSA) is 124 Å². The van der Waals surface area contributed by atoms with Crippen molar-refractivity contribution in [3.63, 3.8) is 0 Å². The number of nitrogens with one attached hydrogen (secondary N) is 2. The number of hydrogen-bond donors (Lipinski definition) is 4. The smallest absolute Gasteiger partial charge is 0.269 e. The minimum Gasteiger partial charge on any atom is -0.382 e. The number of nitrogens with zero attached hydrogens (tertiary/aromatic N) is 3. The molecule has 0 saturated heterocycles. The van der Waals surface area contributed by atoms with Gasteiger partial charge in [-0.3, -0.25) is 4.79 Å². The van der Waals surface area contributed by atoms with Crippen molar-refractivity contribution in [3.05, 3.63) is 60.3 Å². The molecule has 2 heterocycles. The van der Waals surface area contributed by atoms with Gasteiger partial charge in [-0.05, 0) is 37.3 Å². The summed E-state index contributed by atoms with van der Waals surface area (Å²) in [6.45, 7) is 2.43. The molecule has 0 bridgehead atoms. The molecular formula is C18H20FN7O. The Bertz CT molecular complexity index is 937. The molecule has 140 valence electrons. The quantitative estimate of drug-likeness (QED) is 0.505. The zero-order chi connectivity index (χ0) is 19.4. The first-order valence-electron chi connectivity index (χ1n) is 8.30. The molecule has 0 aliphatic heterocycles. The summed E-state index contributed by atoms with van der Waals surface area (Å²) in [5.41, 5.74) is 13.1. The lowest BCUT2D eigenvalue weighted by Crippen LogP contribution is -2.25. The Balaban J connectivity index is 1.84. The number of pyridine rings is 1. The molecule has 0 saturated carbocycles. The van der Waals surface area contributed by atoms with E-state index < -0.39 is 5.91 Å². The number of carbonyl (C=O) groups is 1. The second kappa shape index (κ2) is 7.83. The van der Waals surface area contributed by atoms with Crippen LogP contribution >= 0.6 is 0 Å². The van der Waals surface area contributed by atoms with Gasteiger partial charge in [-0.1, -0.05) is 0 Å². The fraction of sp³-hybridized carbons (Fsp3) is 0.167. The molecule has 6 N–H and O–H groups in total. The van der Waals surface area contributed by atoms with Gasteiger partial charge in [0.05, 0.1) is 23.3 Å². The lowest BCUT2D eigenvalue weighted by Gasteiger charge is -2.12. The van der Waals surface area contributed by atoms with Gasteiger partial charge in [0, 0.05) is 24.8 Å². The summed E-state index contributed by atoms with van der Waals surface area (Å²) in [5.74, 6) is -0.500. The summed E-state index contributed by atoms with van der Waals surface area (Å²) in [7, 11) is 0. The number of amides is 1. The number of halogens is 1. The predicted molar refractivity (Wildman–Crippen MR) is 102 cm³/mol. The summed E-state index contributed by atoms with van der Waals surface area (Å²) in [5, 5.41) is 10.5. The Hall–Kier alpha value is -3.46. The van der Waals surface area contributed by atoms with Crippen molar-refractivity contribution >= 4 is 23.1 Å². The van der Waals surface area contributed by atoms with Crippen molar-refractivity contribution in [2.75, 3.05) is 17.2 Å². The second-order valence-corrected chi connectivity index (χ2v) is 6.09. The highest BCUT2D eigenvalue weighted by atomic mass is 19.1. The van der Waals surface area contributed by atoms with E-state index in [-0.39, 0.29) is 17.6 Å². The van der Waals surface area contributed by atoms with Crippen molar-refractivity contribution in [2.24, 2.45) is 11.5 Å². The van der Waals surface area contributed by atoms with Gasteiger partial charge < -0.3 is 22.1 Å². The molecule has 3 aromatic rings. The van der Waals surface area contributed by atoms with Crippen molar-refractivity contribution in [1.82, 2.24) is 14.8 Å². The summed E-state index contributed by atoms with van der Waals surface area (Å²) in [6.07, 6.45) is 3.23. The number of hydrogen-bond acceptors (Lipinski definition) is 6. The first kappa shape index (κ1) is 18.3. The molecule has 0 aliphatic rings. The highest BCUT2D eigenvalue weighted by Gasteiger charge is 2.13. The van der Waals surface area contributed by atoms with Crippen LogP contribution in [0.3, 0.4) is 0 Å². The molecule has 0 spiro atoms. The average molecular weight is 369 g/mol. The lowest BCUT2D eigenvalue weighted by molar-refractivity contribution is 0.0996. The number of primary amides is 1.